The molecule has 0 unspecified atom stereocenters. The number of rotatable bonds is 12. The van der Waals surface area contributed by atoms with Gasteiger partial charge in [-0.05, 0) is 37.5 Å². The molecule has 6 heteroatoms. The number of aliphatic hydroxyl groups is 2. The Bertz CT molecular complexity index is 292. The Balaban J connectivity index is 0. The van der Waals surface area contributed by atoms with Crippen LogP contribution in [0.15, 0.2) is 51.4 Å². The average Bonchev–Trinajstić information content (AvgIpc) is 2.69. The lowest BCUT2D eigenvalue weighted by Gasteiger charge is -2.27. The summed E-state index contributed by atoms with van der Waals surface area (Å²) in [5.41, 5.74) is 0. The highest BCUT2D eigenvalue weighted by Gasteiger charge is 2.21. The van der Waals surface area contributed by atoms with Crippen molar-refractivity contribution in [1.29, 1.82) is 0 Å². The van der Waals surface area contributed by atoms with Crippen molar-refractivity contribution in [3.63, 3.8) is 0 Å². The van der Waals surface area contributed by atoms with Crippen molar-refractivity contribution in [1.82, 2.24) is 0 Å². The van der Waals surface area contributed by atoms with Gasteiger partial charge in [-0.3, -0.25) is 0 Å². The fraction of sp³-hybridized carbons (Fsp3) is 0.600. The Kier molecular flexibility index (Phi) is 23.4. The van der Waals surface area contributed by atoms with E-state index in [-0.39, 0.29) is 13.2 Å². The van der Waals surface area contributed by atoms with Crippen LogP contribution in [-0.4, -0.2) is 49.9 Å². The second-order valence-corrected chi connectivity index (χ2v) is 5.41. The van der Waals surface area contributed by atoms with Gasteiger partial charge in [0.15, 0.2) is 0 Å². The highest BCUT2D eigenvalue weighted by molar-refractivity contribution is 4.73. The van der Waals surface area contributed by atoms with Gasteiger partial charge in [0.05, 0.1) is 51.5 Å². The molecule has 1 fully saturated rings. The lowest BCUT2D eigenvalue weighted by atomic mass is 9.83. The Labute approximate surface area is 158 Å². The second-order valence-electron chi connectivity index (χ2n) is 5.41. The fourth-order valence-electron chi connectivity index (χ4n) is 2.24. The molecule has 0 spiro atoms. The number of ether oxygens (including phenoxy) is 4. The molecule has 1 aliphatic carbocycles. The molecular weight excluding hydrogens is 336 g/mol. The summed E-state index contributed by atoms with van der Waals surface area (Å²) in [6.07, 6.45) is 10.8. The van der Waals surface area contributed by atoms with Gasteiger partial charge in [0.25, 0.3) is 0 Å². The van der Waals surface area contributed by atoms with Gasteiger partial charge in [0.1, 0.15) is 13.2 Å². The van der Waals surface area contributed by atoms with E-state index in [1.807, 2.05) is 0 Å². The van der Waals surface area contributed by atoms with Gasteiger partial charge in [0.2, 0.25) is 0 Å². The van der Waals surface area contributed by atoms with E-state index in [1.54, 1.807) is 0 Å². The van der Waals surface area contributed by atoms with Gasteiger partial charge < -0.3 is 29.2 Å². The minimum absolute atomic E-state index is 0.125. The third-order valence-corrected chi connectivity index (χ3v) is 3.52. The van der Waals surface area contributed by atoms with Crippen LogP contribution in [0.4, 0.5) is 0 Å². The smallest absolute Gasteiger partial charge is 0.121 e. The highest BCUT2D eigenvalue weighted by Crippen LogP contribution is 2.29. The third-order valence-electron chi connectivity index (χ3n) is 3.52. The summed E-state index contributed by atoms with van der Waals surface area (Å²) in [5, 5.41) is 15.2. The topological polar surface area (TPSA) is 77.4 Å². The Morgan fingerprint density at radius 3 is 1.15 bits per heavy atom. The number of hydrogen-bond donors (Lipinski definition) is 2. The predicted octanol–water partition coefficient (Wildman–Crippen LogP) is 3.39. The summed E-state index contributed by atoms with van der Waals surface area (Å²) in [6, 6.07) is 0. The normalized spacial score (nSPS) is 17.8. The summed E-state index contributed by atoms with van der Waals surface area (Å²) in [4.78, 5) is 0. The molecule has 1 rings (SSSR count). The van der Waals surface area contributed by atoms with E-state index < -0.39 is 0 Å². The number of hydrogen-bond acceptors (Lipinski definition) is 6. The molecule has 0 bridgehead atoms. The molecule has 26 heavy (non-hydrogen) atoms. The van der Waals surface area contributed by atoms with Gasteiger partial charge in [-0.2, -0.15) is 0 Å². The van der Waals surface area contributed by atoms with E-state index in [9.17, 15) is 0 Å². The van der Waals surface area contributed by atoms with E-state index >= 15 is 0 Å². The van der Waals surface area contributed by atoms with Crippen LogP contribution in [0, 0.1) is 11.8 Å². The molecule has 0 aromatic carbocycles. The molecule has 0 saturated heterocycles. The summed E-state index contributed by atoms with van der Waals surface area (Å²) in [5.74, 6) is 1.43. The molecule has 6 nitrogen and oxygen atoms in total. The molecule has 1 saturated carbocycles. The van der Waals surface area contributed by atoms with Crippen molar-refractivity contribution in [2.24, 2.45) is 11.8 Å². The zero-order valence-electron chi connectivity index (χ0n) is 15.9. The first kappa shape index (κ1) is 26.3. The Morgan fingerprint density at radius 1 is 0.615 bits per heavy atom. The molecule has 0 heterocycles. The maximum Gasteiger partial charge on any atom is 0.121 e. The van der Waals surface area contributed by atoms with Gasteiger partial charge in [-0.1, -0.05) is 26.3 Å². The second kappa shape index (κ2) is 23.1. The molecule has 0 aromatic heterocycles. The van der Waals surface area contributed by atoms with Crippen LogP contribution in [0.3, 0.4) is 0 Å². The zero-order chi connectivity index (χ0) is 19.9. The molecule has 2 N–H and O–H groups in total. The van der Waals surface area contributed by atoms with Crippen molar-refractivity contribution in [3.05, 3.63) is 51.4 Å². The van der Waals surface area contributed by atoms with Gasteiger partial charge in [0, 0.05) is 0 Å². The van der Waals surface area contributed by atoms with E-state index in [0.717, 1.165) is 13.2 Å². The Hall–Kier alpha value is -1.92. The van der Waals surface area contributed by atoms with Crippen molar-refractivity contribution in [2.75, 3.05) is 39.6 Å². The minimum Gasteiger partial charge on any atom is -0.502 e. The van der Waals surface area contributed by atoms with Crippen LogP contribution < -0.4 is 0 Å². The first-order valence-electron chi connectivity index (χ1n) is 8.81. The summed E-state index contributed by atoms with van der Waals surface area (Å²) >= 11 is 0. The molecule has 0 radical (unpaired) electrons. The maximum absolute atomic E-state index is 7.62. The molecular formula is C20H36O6. The minimum atomic E-state index is -0.125. The number of aliphatic hydroxyl groups excluding tert-OH is 2. The standard InChI is InChI=1S/C12H20O2.C6H10O2.C2H6O2/c1-3-13-9-11-5-7-12(8-6-11)10-14-4-2;1-3-7-5-6-8-4-2;3-1-2-4/h3-4,11-12H,1-2,5-10H2;3-4H,1-2,5-6H2;3-4H,1-2H2. The lowest BCUT2D eigenvalue weighted by Crippen LogP contribution is -2.20. The first-order valence-corrected chi connectivity index (χ1v) is 8.81. The molecule has 0 amide bonds. The SMILES string of the molecule is C=COCC1CCC(COC=C)CC1.C=COCCOC=C.OCCO. The van der Waals surface area contributed by atoms with Crippen LogP contribution in [0.25, 0.3) is 0 Å². The molecule has 0 aromatic rings. The largest absolute Gasteiger partial charge is 0.502 e. The van der Waals surface area contributed by atoms with Crippen molar-refractivity contribution in [2.45, 2.75) is 25.7 Å². The van der Waals surface area contributed by atoms with Gasteiger partial charge >= 0.3 is 0 Å². The summed E-state index contributed by atoms with van der Waals surface area (Å²) < 4.78 is 19.9. The highest BCUT2D eigenvalue weighted by atomic mass is 16.5. The molecule has 152 valence electrons. The van der Waals surface area contributed by atoms with Crippen LogP contribution >= 0.6 is 0 Å². The maximum atomic E-state index is 7.62. The van der Waals surface area contributed by atoms with Crippen LogP contribution in [-0.2, 0) is 18.9 Å². The van der Waals surface area contributed by atoms with Crippen LogP contribution in [0.2, 0.25) is 0 Å². The Morgan fingerprint density at radius 2 is 0.923 bits per heavy atom. The predicted molar refractivity (Wildman–Crippen MR) is 104 cm³/mol. The lowest BCUT2D eigenvalue weighted by molar-refractivity contribution is 0.114. The molecule has 0 aliphatic heterocycles. The van der Waals surface area contributed by atoms with Crippen molar-refractivity contribution >= 4 is 0 Å². The fourth-order valence-corrected chi connectivity index (χ4v) is 2.24. The van der Waals surface area contributed by atoms with Crippen molar-refractivity contribution in [3.8, 4) is 0 Å². The van der Waals surface area contributed by atoms with Gasteiger partial charge in [-0.15, -0.1) is 0 Å². The first-order chi connectivity index (χ1) is 12.7. The molecule has 1 aliphatic rings. The zero-order valence-corrected chi connectivity index (χ0v) is 15.9. The average molecular weight is 373 g/mol. The monoisotopic (exact) mass is 372 g/mol. The van der Waals surface area contributed by atoms with Crippen LogP contribution in [0.1, 0.15) is 25.7 Å². The third kappa shape index (κ3) is 20.1. The summed E-state index contributed by atoms with van der Waals surface area (Å²) in [7, 11) is 0. The van der Waals surface area contributed by atoms with Gasteiger partial charge in [-0.25, -0.2) is 0 Å². The van der Waals surface area contributed by atoms with E-state index in [2.05, 4.69) is 26.3 Å². The van der Waals surface area contributed by atoms with Crippen LogP contribution in [0.5, 0.6) is 0 Å². The van der Waals surface area contributed by atoms with Crippen molar-refractivity contribution < 1.29 is 29.2 Å². The molecule has 0 atom stereocenters. The summed E-state index contributed by atoms with van der Waals surface area (Å²) in [6.45, 7) is 16.3. The quantitative estimate of drug-likeness (QED) is 0.404. The van der Waals surface area contributed by atoms with E-state index in [1.165, 1.54) is 50.7 Å². The van der Waals surface area contributed by atoms with E-state index in [0.29, 0.717) is 25.0 Å². The van der Waals surface area contributed by atoms with E-state index in [4.69, 9.17) is 29.2 Å².